The Morgan fingerprint density at radius 2 is 2.21 bits per heavy atom. The third kappa shape index (κ3) is 3.19. The third-order valence-corrected chi connectivity index (χ3v) is 5.37. The van der Waals surface area contributed by atoms with Crippen molar-refractivity contribution >= 4 is 21.6 Å². The molecule has 104 valence electrons. The van der Waals surface area contributed by atoms with E-state index in [-0.39, 0.29) is 18.0 Å². The zero-order valence-corrected chi connectivity index (χ0v) is 11.4. The van der Waals surface area contributed by atoms with Crippen LogP contribution in [0.1, 0.15) is 23.3 Å². The molecule has 1 atom stereocenters. The van der Waals surface area contributed by atoms with Gasteiger partial charge in [-0.2, -0.15) is 0 Å². The molecule has 2 rings (SSSR count). The van der Waals surface area contributed by atoms with Gasteiger partial charge in [0.1, 0.15) is 11.5 Å². The summed E-state index contributed by atoms with van der Waals surface area (Å²) in [4.78, 5) is 19.7. The number of carbonyl (C=O) groups is 1. The minimum absolute atomic E-state index is 0.136. The predicted molar refractivity (Wildman–Crippen MR) is 70.7 cm³/mol. The zero-order valence-electron chi connectivity index (χ0n) is 10.6. The van der Waals surface area contributed by atoms with Crippen molar-refractivity contribution in [3.05, 3.63) is 18.1 Å². The fourth-order valence-electron chi connectivity index (χ4n) is 1.96. The Balaban J connectivity index is 1.94. The Morgan fingerprint density at radius 1 is 1.42 bits per heavy atom. The van der Waals surface area contributed by atoms with Crippen molar-refractivity contribution in [2.24, 2.45) is 0 Å². The van der Waals surface area contributed by atoms with Crippen molar-refractivity contribution < 1.29 is 13.2 Å². The van der Waals surface area contributed by atoms with Crippen molar-refractivity contribution in [3.8, 4) is 0 Å². The van der Waals surface area contributed by atoms with Gasteiger partial charge in [-0.3, -0.25) is 4.79 Å². The van der Waals surface area contributed by atoms with Gasteiger partial charge in [-0.25, -0.2) is 18.4 Å². The molecule has 1 amide bonds. The lowest BCUT2D eigenvalue weighted by Gasteiger charge is -2.10. The van der Waals surface area contributed by atoms with Crippen LogP contribution in [0, 0.1) is 0 Å². The quantitative estimate of drug-likeness (QED) is 0.795. The first-order valence-electron chi connectivity index (χ1n) is 6.02. The summed E-state index contributed by atoms with van der Waals surface area (Å²) in [6.07, 6.45) is 4.07. The van der Waals surface area contributed by atoms with E-state index in [1.807, 2.05) is 0 Å². The molecule has 2 N–H and O–H groups in total. The lowest BCUT2D eigenvalue weighted by atomic mass is 10.2. The molecule has 1 aromatic heterocycles. The summed E-state index contributed by atoms with van der Waals surface area (Å²) in [6.45, 7) is 0.136. The molecule has 8 heteroatoms. The van der Waals surface area contributed by atoms with Gasteiger partial charge in [-0.15, -0.1) is 0 Å². The molecule has 0 radical (unpaired) electrons. The summed E-state index contributed by atoms with van der Waals surface area (Å²) in [6, 6.07) is 0. The van der Waals surface area contributed by atoms with Gasteiger partial charge in [0.05, 0.1) is 23.4 Å². The summed E-state index contributed by atoms with van der Waals surface area (Å²) in [5.41, 5.74) is 0.175. The number of sulfone groups is 1. The monoisotopic (exact) mass is 284 g/mol. The van der Waals surface area contributed by atoms with Crippen molar-refractivity contribution in [1.29, 1.82) is 0 Å². The molecule has 1 saturated heterocycles. The van der Waals surface area contributed by atoms with E-state index in [0.29, 0.717) is 18.7 Å². The molecule has 0 spiro atoms. The first kappa shape index (κ1) is 13.7. The molecular formula is C11H16N4O3S. The Morgan fingerprint density at radius 3 is 2.74 bits per heavy atom. The van der Waals surface area contributed by atoms with Gasteiger partial charge in [-0.05, 0) is 12.8 Å². The fourth-order valence-corrected chi connectivity index (χ4v) is 3.72. The summed E-state index contributed by atoms with van der Waals surface area (Å²) >= 11 is 0. The fraction of sp³-hybridized carbons (Fsp3) is 0.545. The number of hydrogen-bond donors (Lipinski definition) is 2. The van der Waals surface area contributed by atoms with Gasteiger partial charge in [-0.1, -0.05) is 0 Å². The number of amides is 1. The van der Waals surface area contributed by atoms with Gasteiger partial charge < -0.3 is 10.6 Å². The molecule has 2 heterocycles. The zero-order chi connectivity index (χ0) is 13.9. The second kappa shape index (κ2) is 5.52. The van der Waals surface area contributed by atoms with E-state index in [9.17, 15) is 13.2 Å². The maximum Gasteiger partial charge on any atom is 0.271 e. The highest BCUT2D eigenvalue weighted by molar-refractivity contribution is 7.92. The Kier molecular flexibility index (Phi) is 3.98. The third-order valence-electron chi connectivity index (χ3n) is 3.09. The highest BCUT2D eigenvalue weighted by Gasteiger charge is 2.31. The summed E-state index contributed by atoms with van der Waals surface area (Å²) in [7, 11) is -1.33. The number of anilines is 1. The van der Waals surface area contributed by atoms with Crippen molar-refractivity contribution in [2.45, 2.75) is 18.1 Å². The van der Waals surface area contributed by atoms with E-state index in [4.69, 9.17) is 0 Å². The van der Waals surface area contributed by atoms with Crippen LogP contribution >= 0.6 is 0 Å². The van der Waals surface area contributed by atoms with Gasteiger partial charge in [0.15, 0.2) is 9.84 Å². The molecule has 1 unspecified atom stereocenters. The highest BCUT2D eigenvalue weighted by atomic mass is 32.2. The summed E-state index contributed by atoms with van der Waals surface area (Å²) in [5.74, 6) is 0.372. The van der Waals surface area contributed by atoms with Gasteiger partial charge in [0.25, 0.3) is 5.91 Å². The van der Waals surface area contributed by atoms with E-state index in [2.05, 4.69) is 20.6 Å². The maximum absolute atomic E-state index is 11.8. The average Bonchev–Trinajstić information content (AvgIpc) is 2.75. The second-order valence-electron chi connectivity index (χ2n) is 4.38. The number of rotatable bonds is 4. The van der Waals surface area contributed by atoms with E-state index < -0.39 is 21.0 Å². The van der Waals surface area contributed by atoms with Crippen molar-refractivity contribution in [3.63, 3.8) is 0 Å². The highest BCUT2D eigenvalue weighted by Crippen LogP contribution is 2.19. The minimum Gasteiger partial charge on any atom is -0.372 e. The van der Waals surface area contributed by atoms with Crippen molar-refractivity contribution in [1.82, 2.24) is 15.3 Å². The molecule has 1 aromatic rings. The molecule has 0 aliphatic carbocycles. The Labute approximate surface area is 111 Å². The maximum atomic E-state index is 11.8. The van der Waals surface area contributed by atoms with E-state index in [0.717, 1.165) is 0 Å². The first-order valence-corrected chi connectivity index (χ1v) is 7.74. The van der Waals surface area contributed by atoms with Gasteiger partial charge in [0.2, 0.25) is 0 Å². The normalized spacial score (nSPS) is 21.0. The van der Waals surface area contributed by atoms with Crippen LogP contribution in [-0.4, -0.2) is 48.9 Å². The van der Waals surface area contributed by atoms with Crippen molar-refractivity contribution in [2.75, 3.05) is 24.7 Å². The van der Waals surface area contributed by atoms with Crippen LogP contribution in [0.4, 0.5) is 5.82 Å². The molecule has 0 saturated carbocycles. The Bertz CT molecular complexity index is 556. The average molecular weight is 284 g/mol. The topological polar surface area (TPSA) is 101 Å². The molecule has 1 aliphatic heterocycles. The van der Waals surface area contributed by atoms with Crippen LogP contribution in [0.15, 0.2) is 12.4 Å². The molecule has 0 aromatic carbocycles. The lowest BCUT2D eigenvalue weighted by Crippen LogP contribution is -2.35. The SMILES string of the molecule is CNc1cnc(C(=O)NCC2CCCS2(=O)=O)cn1. The van der Waals surface area contributed by atoms with E-state index in [1.165, 1.54) is 12.4 Å². The standard InChI is InChI=1S/C11H16N4O3S/c1-12-10-7-13-9(6-14-10)11(16)15-5-8-3-2-4-19(8,17)18/h6-8H,2-5H2,1H3,(H,12,14)(H,15,16). The first-order chi connectivity index (χ1) is 9.03. The molecule has 7 nitrogen and oxygen atoms in total. The number of aromatic nitrogens is 2. The molecule has 19 heavy (non-hydrogen) atoms. The minimum atomic E-state index is -3.04. The van der Waals surface area contributed by atoms with Gasteiger partial charge in [0, 0.05) is 13.6 Å². The van der Waals surface area contributed by atoms with E-state index >= 15 is 0 Å². The summed E-state index contributed by atoms with van der Waals surface area (Å²) < 4.78 is 23.2. The largest absolute Gasteiger partial charge is 0.372 e. The van der Waals surface area contributed by atoms with E-state index in [1.54, 1.807) is 7.05 Å². The number of carbonyl (C=O) groups excluding carboxylic acids is 1. The number of nitrogens with zero attached hydrogens (tertiary/aromatic N) is 2. The lowest BCUT2D eigenvalue weighted by molar-refractivity contribution is 0.0948. The van der Waals surface area contributed by atoms with Crippen LogP contribution in [-0.2, 0) is 9.84 Å². The smallest absolute Gasteiger partial charge is 0.271 e. The van der Waals surface area contributed by atoms with Crippen LogP contribution in [0.3, 0.4) is 0 Å². The summed E-state index contributed by atoms with van der Waals surface area (Å²) in [5, 5.41) is 4.92. The predicted octanol–water partition coefficient (Wildman–Crippen LogP) is -0.175. The second-order valence-corrected chi connectivity index (χ2v) is 6.78. The van der Waals surface area contributed by atoms with Crippen LogP contribution < -0.4 is 10.6 Å². The number of nitrogens with one attached hydrogen (secondary N) is 2. The number of hydrogen-bond acceptors (Lipinski definition) is 6. The molecular weight excluding hydrogens is 268 g/mol. The van der Waals surface area contributed by atoms with Crippen LogP contribution in [0.2, 0.25) is 0 Å². The molecule has 1 aliphatic rings. The van der Waals surface area contributed by atoms with Crippen LogP contribution in [0.5, 0.6) is 0 Å². The molecule has 1 fully saturated rings. The Hall–Kier alpha value is -1.70. The van der Waals surface area contributed by atoms with Gasteiger partial charge >= 0.3 is 0 Å². The van der Waals surface area contributed by atoms with Crippen LogP contribution in [0.25, 0.3) is 0 Å². The molecule has 0 bridgehead atoms.